The second kappa shape index (κ2) is 4.81. The molecule has 1 heterocycles. The summed E-state index contributed by atoms with van der Waals surface area (Å²) in [6, 6.07) is 0. The van der Waals surface area contributed by atoms with Crippen LogP contribution in [0.4, 0.5) is 0 Å². The number of carbonyl (C=O) groups excluding carboxylic acids is 1. The van der Waals surface area contributed by atoms with Crippen LogP contribution in [0.3, 0.4) is 0 Å². The predicted molar refractivity (Wildman–Crippen MR) is 71.0 cm³/mol. The Balaban J connectivity index is 2.03. The van der Waals surface area contributed by atoms with Gasteiger partial charge < -0.3 is 4.90 Å². The second-order valence-electron chi connectivity index (χ2n) is 5.67. The maximum Gasteiger partial charge on any atom is 0.226 e. The Bertz CT molecular complexity index is 341. The Labute approximate surface area is 113 Å². The molecule has 2 fully saturated rings. The summed E-state index contributed by atoms with van der Waals surface area (Å²) in [4.78, 5) is 14.4. The van der Waals surface area contributed by atoms with Crippen molar-refractivity contribution in [3.8, 4) is 0 Å². The Morgan fingerprint density at radius 2 is 1.82 bits per heavy atom. The number of likely N-dealkylation sites (tertiary alicyclic amines) is 1. The maximum atomic E-state index is 12.4. The van der Waals surface area contributed by atoms with Crippen molar-refractivity contribution >= 4 is 29.1 Å². The first-order valence-corrected chi connectivity index (χ1v) is 7.02. The number of rotatable bonds is 2. The zero-order valence-corrected chi connectivity index (χ0v) is 11.9. The van der Waals surface area contributed by atoms with Gasteiger partial charge in [0, 0.05) is 13.1 Å². The minimum atomic E-state index is 0.00353. The number of piperidine rings is 1. The van der Waals surface area contributed by atoms with Crippen molar-refractivity contribution in [3.05, 3.63) is 10.6 Å². The quantitative estimate of drug-likeness (QED) is 0.754. The second-order valence-corrected chi connectivity index (χ2v) is 6.67. The molecule has 1 aliphatic carbocycles. The number of amides is 1. The van der Waals surface area contributed by atoms with Gasteiger partial charge in [-0.2, -0.15) is 0 Å². The van der Waals surface area contributed by atoms with Crippen molar-refractivity contribution in [1.82, 2.24) is 4.90 Å². The standard InChI is InChI=1S/C13H19Cl2NO/c1-13(2)9(8-10(14)15)11(13)12(17)16-6-4-3-5-7-16/h8-9,11H,3-7H2,1-2H3/t9-,11+/m0/s1. The molecule has 1 saturated heterocycles. The number of carbonyl (C=O) groups is 1. The fourth-order valence-corrected chi connectivity index (χ4v) is 3.18. The first-order chi connectivity index (χ1) is 7.94. The van der Waals surface area contributed by atoms with E-state index in [-0.39, 0.29) is 27.6 Å². The summed E-state index contributed by atoms with van der Waals surface area (Å²) in [7, 11) is 0. The number of nitrogens with zero attached hydrogens (tertiary/aromatic N) is 1. The van der Waals surface area contributed by atoms with Crippen molar-refractivity contribution < 1.29 is 4.79 Å². The monoisotopic (exact) mass is 275 g/mol. The summed E-state index contributed by atoms with van der Waals surface area (Å²) >= 11 is 11.4. The van der Waals surface area contributed by atoms with E-state index in [4.69, 9.17) is 23.2 Å². The first-order valence-electron chi connectivity index (χ1n) is 6.26. The van der Waals surface area contributed by atoms with Crippen molar-refractivity contribution in [2.45, 2.75) is 33.1 Å². The van der Waals surface area contributed by atoms with Crippen LogP contribution in [0.5, 0.6) is 0 Å². The van der Waals surface area contributed by atoms with Crippen LogP contribution in [0.25, 0.3) is 0 Å². The Hall–Kier alpha value is -0.210. The summed E-state index contributed by atoms with van der Waals surface area (Å²) in [5, 5.41) is 0. The molecule has 2 rings (SSSR count). The van der Waals surface area contributed by atoms with E-state index in [9.17, 15) is 4.79 Å². The van der Waals surface area contributed by atoms with Crippen molar-refractivity contribution in [2.75, 3.05) is 13.1 Å². The zero-order valence-electron chi connectivity index (χ0n) is 10.4. The van der Waals surface area contributed by atoms with Gasteiger partial charge in [0.1, 0.15) is 4.49 Å². The SMILES string of the molecule is CC1(C)[C@@H](C=C(Cl)Cl)[C@@H]1C(=O)N1CCCCC1. The molecule has 1 amide bonds. The van der Waals surface area contributed by atoms with E-state index in [1.54, 1.807) is 0 Å². The molecule has 0 unspecified atom stereocenters. The van der Waals surface area contributed by atoms with Crippen LogP contribution in [0.1, 0.15) is 33.1 Å². The van der Waals surface area contributed by atoms with E-state index in [0.29, 0.717) is 0 Å². The Morgan fingerprint density at radius 3 is 2.35 bits per heavy atom. The van der Waals surface area contributed by atoms with Crippen molar-refractivity contribution in [2.24, 2.45) is 17.3 Å². The molecule has 2 aliphatic rings. The molecule has 0 aromatic rings. The van der Waals surface area contributed by atoms with E-state index in [1.165, 1.54) is 6.42 Å². The summed E-state index contributed by atoms with van der Waals surface area (Å²) in [6.45, 7) is 6.04. The van der Waals surface area contributed by atoms with Gasteiger partial charge in [-0.25, -0.2) is 0 Å². The number of allylic oxidation sites excluding steroid dienone is 1. The highest BCUT2D eigenvalue weighted by molar-refractivity contribution is 6.55. The smallest absolute Gasteiger partial charge is 0.226 e. The minimum Gasteiger partial charge on any atom is -0.342 e. The van der Waals surface area contributed by atoms with Crippen LogP contribution in [0.15, 0.2) is 10.6 Å². The Morgan fingerprint density at radius 1 is 1.24 bits per heavy atom. The molecule has 2 nitrogen and oxygen atoms in total. The maximum absolute atomic E-state index is 12.4. The molecular formula is C13H19Cl2NO. The van der Waals surface area contributed by atoms with Gasteiger partial charge in [-0.3, -0.25) is 4.79 Å². The van der Waals surface area contributed by atoms with Crippen molar-refractivity contribution in [1.29, 1.82) is 0 Å². The molecule has 2 atom stereocenters. The molecule has 0 N–H and O–H groups in total. The molecule has 0 radical (unpaired) electrons. The minimum absolute atomic E-state index is 0.00353. The average molecular weight is 276 g/mol. The lowest BCUT2D eigenvalue weighted by Gasteiger charge is -2.27. The third kappa shape index (κ3) is 2.63. The normalized spacial score (nSPS) is 30.9. The van der Waals surface area contributed by atoms with Gasteiger partial charge in [0.05, 0.1) is 5.92 Å². The molecule has 96 valence electrons. The van der Waals surface area contributed by atoms with Crippen molar-refractivity contribution in [3.63, 3.8) is 0 Å². The highest BCUT2D eigenvalue weighted by atomic mass is 35.5. The average Bonchev–Trinajstić information content (AvgIpc) is 2.80. The molecule has 0 spiro atoms. The van der Waals surface area contributed by atoms with Gasteiger partial charge in [-0.05, 0) is 36.7 Å². The van der Waals surface area contributed by atoms with Crippen LogP contribution >= 0.6 is 23.2 Å². The van der Waals surface area contributed by atoms with Crippen LogP contribution < -0.4 is 0 Å². The van der Waals surface area contributed by atoms with Crippen LogP contribution in [-0.2, 0) is 4.79 Å². The van der Waals surface area contributed by atoms with Gasteiger partial charge in [0.2, 0.25) is 5.91 Å². The van der Waals surface area contributed by atoms with E-state index >= 15 is 0 Å². The Kier molecular flexibility index (Phi) is 3.74. The highest BCUT2D eigenvalue weighted by Gasteiger charge is 2.61. The summed E-state index contributed by atoms with van der Waals surface area (Å²) in [6.07, 6.45) is 5.33. The zero-order chi connectivity index (χ0) is 12.6. The number of hydrogen-bond donors (Lipinski definition) is 0. The highest BCUT2D eigenvalue weighted by Crippen LogP contribution is 2.60. The van der Waals surface area contributed by atoms with Gasteiger partial charge in [-0.1, -0.05) is 37.0 Å². The molecule has 1 saturated carbocycles. The summed E-state index contributed by atoms with van der Waals surface area (Å²) in [5.41, 5.74) is 0.00353. The molecule has 17 heavy (non-hydrogen) atoms. The van der Waals surface area contributed by atoms with Crippen LogP contribution in [0, 0.1) is 17.3 Å². The first kappa shape index (κ1) is 13.2. The van der Waals surface area contributed by atoms with Crippen LogP contribution in [0.2, 0.25) is 0 Å². The number of halogens is 2. The lowest BCUT2D eigenvalue weighted by atomic mass is 10.1. The molecule has 0 aromatic heterocycles. The van der Waals surface area contributed by atoms with Crippen LogP contribution in [-0.4, -0.2) is 23.9 Å². The summed E-state index contributed by atoms with van der Waals surface area (Å²) < 4.78 is 0.275. The fraction of sp³-hybridized carbons (Fsp3) is 0.769. The van der Waals surface area contributed by atoms with Gasteiger partial charge in [0.15, 0.2) is 0 Å². The topological polar surface area (TPSA) is 20.3 Å². The predicted octanol–water partition coefficient (Wildman–Crippen LogP) is 3.59. The van der Waals surface area contributed by atoms with E-state index in [2.05, 4.69) is 13.8 Å². The lowest BCUT2D eigenvalue weighted by molar-refractivity contribution is -0.134. The van der Waals surface area contributed by atoms with Gasteiger partial charge >= 0.3 is 0 Å². The van der Waals surface area contributed by atoms with E-state index < -0.39 is 0 Å². The molecule has 4 heteroatoms. The van der Waals surface area contributed by atoms with Gasteiger partial charge in [-0.15, -0.1) is 0 Å². The molecule has 0 bridgehead atoms. The lowest BCUT2D eigenvalue weighted by Crippen LogP contribution is -2.37. The molecular weight excluding hydrogens is 257 g/mol. The fourth-order valence-electron chi connectivity index (χ4n) is 2.91. The third-order valence-corrected chi connectivity index (χ3v) is 4.40. The summed E-state index contributed by atoms with van der Waals surface area (Å²) in [5.74, 6) is 0.542. The van der Waals surface area contributed by atoms with E-state index in [0.717, 1.165) is 25.9 Å². The number of hydrogen-bond acceptors (Lipinski definition) is 1. The molecule has 1 aliphatic heterocycles. The van der Waals surface area contributed by atoms with Gasteiger partial charge in [0.25, 0.3) is 0 Å². The largest absolute Gasteiger partial charge is 0.342 e. The third-order valence-electron chi connectivity index (χ3n) is 4.15. The van der Waals surface area contributed by atoms with E-state index in [1.807, 2.05) is 11.0 Å². The molecule has 0 aromatic carbocycles.